The Kier molecular flexibility index (Phi) is 6.84. The van der Waals surface area contributed by atoms with Gasteiger partial charge in [0.05, 0.1) is 31.1 Å². The predicted molar refractivity (Wildman–Crippen MR) is 107 cm³/mol. The number of carbonyl (C=O) groups is 2. The van der Waals surface area contributed by atoms with Crippen molar-refractivity contribution >= 4 is 22.0 Å². The molecular formula is C19H31N4O4S+. The van der Waals surface area contributed by atoms with Crippen molar-refractivity contribution in [3.05, 3.63) is 27.8 Å². The summed E-state index contributed by atoms with van der Waals surface area (Å²) in [6.07, 6.45) is 0. The summed E-state index contributed by atoms with van der Waals surface area (Å²) in [4.78, 5) is 24.4. The second-order valence-corrected chi connectivity index (χ2v) is 9.29. The SMILES string of the molecule is CNC(=O)NC(=O)C[NH+]1CCN(S(=O)(=O)c2c(C)c(C)c(C)c(C)c2C)CC1. The lowest BCUT2D eigenvalue weighted by atomic mass is 9.95. The van der Waals surface area contributed by atoms with Gasteiger partial charge in [0.2, 0.25) is 10.0 Å². The van der Waals surface area contributed by atoms with E-state index in [0.717, 1.165) is 32.7 Å². The molecule has 0 radical (unpaired) electrons. The maximum absolute atomic E-state index is 13.3. The van der Waals surface area contributed by atoms with Gasteiger partial charge in [-0.2, -0.15) is 4.31 Å². The van der Waals surface area contributed by atoms with Crippen LogP contribution in [0.1, 0.15) is 27.8 Å². The Balaban J connectivity index is 2.14. The Morgan fingerprint density at radius 2 is 1.39 bits per heavy atom. The summed E-state index contributed by atoms with van der Waals surface area (Å²) in [7, 11) is -2.16. The van der Waals surface area contributed by atoms with E-state index in [1.165, 1.54) is 11.4 Å². The van der Waals surface area contributed by atoms with E-state index in [0.29, 0.717) is 31.1 Å². The van der Waals surface area contributed by atoms with Crippen LogP contribution in [0, 0.1) is 34.6 Å². The van der Waals surface area contributed by atoms with E-state index in [9.17, 15) is 18.0 Å². The Morgan fingerprint density at radius 1 is 0.929 bits per heavy atom. The van der Waals surface area contributed by atoms with E-state index in [1.54, 1.807) is 0 Å². The molecule has 0 bridgehead atoms. The van der Waals surface area contributed by atoms with Crippen LogP contribution in [0.25, 0.3) is 0 Å². The number of nitrogens with one attached hydrogen (secondary N) is 3. The van der Waals surface area contributed by atoms with Crippen molar-refractivity contribution in [2.75, 3.05) is 39.8 Å². The van der Waals surface area contributed by atoms with Gasteiger partial charge in [-0.3, -0.25) is 10.1 Å². The lowest BCUT2D eigenvalue weighted by molar-refractivity contribution is -0.895. The van der Waals surface area contributed by atoms with Gasteiger partial charge in [0.25, 0.3) is 5.91 Å². The molecule has 9 heteroatoms. The van der Waals surface area contributed by atoms with Gasteiger partial charge in [-0.1, -0.05) is 0 Å². The molecule has 1 saturated heterocycles. The summed E-state index contributed by atoms with van der Waals surface area (Å²) < 4.78 is 28.2. The second-order valence-electron chi connectivity index (χ2n) is 7.41. The third kappa shape index (κ3) is 4.37. The summed E-state index contributed by atoms with van der Waals surface area (Å²) in [5.41, 5.74) is 4.76. The highest BCUT2D eigenvalue weighted by atomic mass is 32.2. The Labute approximate surface area is 167 Å². The largest absolute Gasteiger partial charge is 0.341 e. The minimum atomic E-state index is -3.60. The molecule has 0 atom stereocenters. The average Bonchev–Trinajstić information content (AvgIpc) is 2.65. The summed E-state index contributed by atoms with van der Waals surface area (Å²) in [6, 6.07) is -0.540. The minimum Gasteiger partial charge on any atom is -0.341 e. The number of piperazine rings is 1. The molecule has 0 unspecified atom stereocenters. The van der Waals surface area contributed by atoms with Gasteiger partial charge in [-0.15, -0.1) is 0 Å². The van der Waals surface area contributed by atoms with Gasteiger partial charge in [-0.05, 0) is 62.4 Å². The molecule has 1 fully saturated rings. The number of rotatable bonds is 4. The molecule has 28 heavy (non-hydrogen) atoms. The van der Waals surface area contributed by atoms with Crippen LogP contribution in [-0.4, -0.2) is 64.4 Å². The zero-order chi connectivity index (χ0) is 21.2. The first-order chi connectivity index (χ1) is 13.0. The Hall–Kier alpha value is -1.97. The molecule has 1 aromatic rings. The van der Waals surface area contributed by atoms with Gasteiger partial charge >= 0.3 is 6.03 Å². The van der Waals surface area contributed by atoms with Crippen molar-refractivity contribution < 1.29 is 22.9 Å². The van der Waals surface area contributed by atoms with E-state index < -0.39 is 16.1 Å². The first-order valence-electron chi connectivity index (χ1n) is 9.42. The maximum atomic E-state index is 13.3. The molecule has 0 aliphatic carbocycles. The number of sulfonamides is 1. The first kappa shape index (κ1) is 22.3. The normalized spacial score (nSPS) is 16.1. The predicted octanol–water partition coefficient (Wildman–Crippen LogP) is -0.426. The molecule has 1 aliphatic heterocycles. The number of urea groups is 1. The van der Waals surface area contributed by atoms with E-state index in [4.69, 9.17) is 0 Å². The number of nitrogens with zero attached hydrogens (tertiary/aromatic N) is 1. The summed E-state index contributed by atoms with van der Waals surface area (Å²) in [6.45, 7) is 11.5. The molecule has 3 amide bonds. The van der Waals surface area contributed by atoms with Gasteiger partial charge in [-0.25, -0.2) is 13.2 Å². The van der Waals surface area contributed by atoms with E-state index in [1.807, 2.05) is 34.6 Å². The van der Waals surface area contributed by atoms with Crippen LogP contribution in [0.2, 0.25) is 0 Å². The quantitative estimate of drug-likeness (QED) is 0.626. The number of carbonyl (C=O) groups excluding carboxylic acids is 2. The van der Waals surface area contributed by atoms with E-state index in [-0.39, 0.29) is 12.5 Å². The molecule has 1 heterocycles. The van der Waals surface area contributed by atoms with Crippen LogP contribution < -0.4 is 15.5 Å². The summed E-state index contributed by atoms with van der Waals surface area (Å²) >= 11 is 0. The summed E-state index contributed by atoms with van der Waals surface area (Å²) in [5.74, 6) is -0.373. The molecule has 0 aromatic heterocycles. The first-order valence-corrected chi connectivity index (χ1v) is 10.9. The fraction of sp³-hybridized carbons (Fsp3) is 0.579. The fourth-order valence-corrected chi connectivity index (χ4v) is 5.66. The third-order valence-electron chi connectivity index (χ3n) is 5.85. The molecule has 156 valence electrons. The fourth-order valence-electron chi connectivity index (χ4n) is 3.66. The molecule has 0 saturated carbocycles. The van der Waals surface area contributed by atoms with Gasteiger partial charge in [0, 0.05) is 7.05 Å². The number of amides is 3. The lowest BCUT2D eigenvalue weighted by Crippen LogP contribution is -3.15. The van der Waals surface area contributed by atoms with Crippen LogP contribution in [0.5, 0.6) is 0 Å². The number of hydrogen-bond donors (Lipinski definition) is 3. The van der Waals surface area contributed by atoms with Crippen molar-refractivity contribution in [3.8, 4) is 0 Å². The zero-order valence-corrected chi connectivity index (χ0v) is 18.3. The van der Waals surface area contributed by atoms with Crippen LogP contribution in [0.3, 0.4) is 0 Å². The van der Waals surface area contributed by atoms with Gasteiger partial charge < -0.3 is 10.2 Å². The highest BCUT2D eigenvalue weighted by molar-refractivity contribution is 7.89. The topological polar surface area (TPSA) is 100 Å². The van der Waals surface area contributed by atoms with E-state index in [2.05, 4.69) is 10.6 Å². The lowest BCUT2D eigenvalue weighted by Gasteiger charge is -2.32. The Morgan fingerprint density at radius 3 is 1.86 bits per heavy atom. The maximum Gasteiger partial charge on any atom is 0.321 e. The highest BCUT2D eigenvalue weighted by Crippen LogP contribution is 2.31. The summed E-state index contributed by atoms with van der Waals surface area (Å²) in [5, 5.41) is 4.57. The molecular weight excluding hydrogens is 380 g/mol. The smallest absolute Gasteiger partial charge is 0.321 e. The molecule has 3 N–H and O–H groups in total. The second kappa shape index (κ2) is 8.59. The molecule has 1 aromatic carbocycles. The molecule has 2 rings (SSSR count). The number of quaternary nitrogens is 1. The molecule has 8 nitrogen and oxygen atoms in total. The van der Waals surface area contributed by atoms with Crippen molar-refractivity contribution in [2.45, 2.75) is 39.5 Å². The number of hydrogen-bond acceptors (Lipinski definition) is 4. The highest BCUT2D eigenvalue weighted by Gasteiger charge is 2.34. The molecule has 0 spiro atoms. The number of imide groups is 1. The van der Waals surface area contributed by atoms with Crippen LogP contribution in [0.4, 0.5) is 4.79 Å². The number of benzene rings is 1. The van der Waals surface area contributed by atoms with Crippen LogP contribution >= 0.6 is 0 Å². The standard InChI is InChI=1S/C19H30N4O4S/c1-12-13(2)15(4)18(16(5)14(12)3)28(26,27)23-9-7-22(8-10-23)11-17(24)21-19(25)20-6/h7-11H2,1-6H3,(H2,20,21,24,25)/p+1. The van der Waals surface area contributed by atoms with Crippen molar-refractivity contribution in [1.29, 1.82) is 0 Å². The Bertz CT molecular complexity index is 859. The monoisotopic (exact) mass is 411 g/mol. The zero-order valence-electron chi connectivity index (χ0n) is 17.5. The minimum absolute atomic E-state index is 0.141. The average molecular weight is 412 g/mol. The van der Waals surface area contributed by atoms with Crippen molar-refractivity contribution in [3.63, 3.8) is 0 Å². The third-order valence-corrected chi connectivity index (χ3v) is 8.02. The van der Waals surface area contributed by atoms with Gasteiger partial charge in [0.1, 0.15) is 0 Å². The molecule has 1 aliphatic rings. The van der Waals surface area contributed by atoms with Crippen LogP contribution in [-0.2, 0) is 14.8 Å². The van der Waals surface area contributed by atoms with Crippen LogP contribution in [0.15, 0.2) is 4.90 Å². The van der Waals surface area contributed by atoms with E-state index >= 15 is 0 Å². The van der Waals surface area contributed by atoms with Crippen molar-refractivity contribution in [1.82, 2.24) is 14.9 Å². The van der Waals surface area contributed by atoms with Gasteiger partial charge in [0.15, 0.2) is 6.54 Å². The van der Waals surface area contributed by atoms with Crippen molar-refractivity contribution in [2.24, 2.45) is 0 Å².